The van der Waals surface area contributed by atoms with Gasteiger partial charge in [0.2, 0.25) is 11.8 Å². The molecule has 8 heteroatoms. The molecule has 1 heterocycles. The van der Waals surface area contributed by atoms with Crippen molar-refractivity contribution in [2.24, 2.45) is 0 Å². The lowest BCUT2D eigenvalue weighted by molar-refractivity contribution is -0.120. The summed E-state index contributed by atoms with van der Waals surface area (Å²) in [5.74, 6) is -0.706. The summed E-state index contributed by atoms with van der Waals surface area (Å²) in [6.45, 7) is 0.271. The molecular weight excluding hydrogens is 362 g/mol. The van der Waals surface area contributed by atoms with E-state index in [4.69, 9.17) is 11.6 Å². The van der Waals surface area contributed by atoms with Crippen molar-refractivity contribution >= 4 is 46.3 Å². The van der Waals surface area contributed by atoms with Crippen LogP contribution in [0.5, 0.6) is 0 Å². The molecule has 0 radical (unpaired) electrons. The molecule has 0 atom stereocenters. The number of amides is 3. The lowest BCUT2D eigenvalue weighted by Crippen LogP contribution is -2.37. The maximum Gasteiger partial charge on any atom is 0.252 e. The van der Waals surface area contributed by atoms with Crippen molar-refractivity contribution in [3.63, 3.8) is 0 Å². The van der Waals surface area contributed by atoms with Gasteiger partial charge in [0.1, 0.15) is 0 Å². The van der Waals surface area contributed by atoms with Crippen molar-refractivity contribution < 1.29 is 14.4 Å². The van der Waals surface area contributed by atoms with E-state index in [1.54, 1.807) is 41.1 Å². The molecule has 6 nitrogen and oxygen atoms in total. The molecule has 0 aliphatic carbocycles. The van der Waals surface area contributed by atoms with Crippen LogP contribution in [-0.2, 0) is 9.59 Å². The van der Waals surface area contributed by atoms with Gasteiger partial charge in [-0.15, -0.1) is 0 Å². The molecule has 2 aromatic rings. The molecule has 0 aliphatic heterocycles. The van der Waals surface area contributed by atoms with Gasteiger partial charge in [0, 0.05) is 34.6 Å². The first-order chi connectivity index (χ1) is 12.0. The maximum absolute atomic E-state index is 11.8. The minimum absolute atomic E-state index is 0.0916. The van der Waals surface area contributed by atoms with Crippen LogP contribution in [-0.4, -0.2) is 30.8 Å². The van der Waals surface area contributed by atoms with Crippen molar-refractivity contribution in [1.82, 2.24) is 10.6 Å². The molecule has 1 aromatic heterocycles. The Bertz CT molecular complexity index is 717. The summed E-state index contributed by atoms with van der Waals surface area (Å²) in [7, 11) is 0. The van der Waals surface area contributed by atoms with Crippen LogP contribution in [0.2, 0.25) is 5.02 Å². The van der Waals surface area contributed by atoms with Crippen LogP contribution in [0.15, 0.2) is 41.1 Å². The van der Waals surface area contributed by atoms with Gasteiger partial charge in [0.15, 0.2) is 0 Å². The number of anilines is 1. The molecule has 0 saturated carbocycles. The number of hydrogen-bond acceptors (Lipinski definition) is 4. The summed E-state index contributed by atoms with van der Waals surface area (Å²) < 4.78 is 0. The van der Waals surface area contributed by atoms with Gasteiger partial charge in [-0.3, -0.25) is 14.4 Å². The third-order valence-electron chi connectivity index (χ3n) is 3.22. The van der Waals surface area contributed by atoms with E-state index in [0.29, 0.717) is 29.2 Å². The Kier molecular flexibility index (Phi) is 7.43. The van der Waals surface area contributed by atoms with E-state index in [-0.39, 0.29) is 30.7 Å². The van der Waals surface area contributed by atoms with Crippen LogP contribution < -0.4 is 16.0 Å². The molecule has 2 rings (SSSR count). The fourth-order valence-electron chi connectivity index (χ4n) is 1.95. The van der Waals surface area contributed by atoms with Crippen molar-refractivity contribution in [2.75, 3.05) is 18.4 Å². The lowest BCUT2D eigenvalue weighted by atomic mass is 10.2. The van der Waals surface area contributed by atoms with E-state index < -0.39 is 0 Å². The topological polar surface area (TPSA) is 87.3 Å². The van der Waals surface area contributed by atoms with Gasteiger partial charge in [-0.05, 0) is 42.1 Å². The smallest absolute Gasteiger partial charge is 0.252 e. The molecular formula is C17H18ClN3O3S. The molecule has 0 fully saturated rings. The van der Waals surface area contributed by atoms with E-state index in [1.165, 1.54) is 11.3 Å². The van der Waals surface area contributed by atoms with Gasteiger partial charge >= 0.3 is 0 Å². The molecule has 3 amide bonds. The molecule has 3 N–H and O–H groups in total. The normalized spacial score (nSPS) is 10.1. The zero-order valence-electron chi connectivity index (χ0n) is 13.4. The molecule has 0 bridgehead atoms. The highest BCUT2D eigenvalue weighted by Gasteiger charge is 2.08. The Balaban J connectivity index is 1.57. The predicted octanol–water partition coefficient (Wildman–Crippen LogP) is 2.67. The molecule has 25 heavy (non-hydrogen) atoms. The molecule has 0 unspecified atom stereocenters. The SMILES string of the molecule is O=C(CNC(=O)c1ccsc1)NCCCC(=O)Nc1ccc(Cl)cc1. The van der Waals surface area contributed by atoms with E-state index in [1.807, 2.05) is 0 Å². The highest BCUT2D eigenvalue weighted by Crippen LogP contribution is 2.13. The van der Waals surface area contributed by atoms with Crippen molar-refractivity contribution in [3.8, 4) is 0 Å². The van der Waals surface area contributed by atoms with Crippen LogP contribution in [0, 0.1) is 0 Å². The Morgan fingerprint density at radius 2 is 1.76 bits per heavy atom. The summed E-state index contributed by atoms with van der Waals surface area (Å²) in [6.07, 6.45) is 0.786. The fraction of sp³-hybridized carbons (Fsp3) is 0.235. The molecule has 0 saturated heterocycles. The summed E-state index contributed by atoms with van der Waals surface area (Å²) >= 11 is 7.19. The van der Waals surface area contributed by atoms with Gasteiger partial charge in [-0.1, -0.05) is 11.6 Å². The summed E-state index contributed by atoms with van der Waals surface area (Å²) in [5.41, 5.74) is 1.21. The van der Waals surface area contributed by atoms with E-state index >= 15 is 0 Å². The van der Waals surface area contributed by atoms with Gasteiger partial charge in [-0.2, -0.15) is 11.3 Å². The second-order valence-corrected chi connectivity index (χ2v) is 6.42. The van der Waals surface area contributed by atoms with Gasteiger partial charge in [0.25, 0.3) is 5.91 Å². The van der Waals surface area contributed by atoms with Crippen molar-refractivity contribution in [3.05, 3.63) is 51.7 Å². The van der Waals surface area contributed by atoms with E-state index in [2.05, 4.69) is 16.0 Å². The Labute approximate surface area is 154 Å². The second kappa shape index (κ2) is 9.80. The third kappa shape index (κ3) is 6.94. The number of nitrogens with one attached hydrogen (secondary N) is 3. The van der Waals surface area contributed by atoms with Crippen LogP contribution in [0.4, 0.5) is 5.69 Å². The first kappa shape index (κ1) is 19.0. The van der Waals surface area contributed by atoms with Gasteiger partial charge in [-0.25, -0.2) is 0 Å². The number of rotatable bonds is 8. The Morgan fingerprint density at radius 3 is 2.44 bits per heavy atom. The summed E-state index contributed by atoms with van der Waals surface area (Å²) in [6, 6.07) is 8.52. The Morgan fingerprint density at radius 1 is 1.00 bits per heavy atom. The molecule has 1 aromatic carbocycles. The second-order valence-electron chi connectivity index (χ2n) is 5.20. The zero-order chi connectivity index (χ0) is 18.1. The molecule has 0 aliphatic rings. The minimum Gasteiger partial charge on any atom is -0.355 e. The number of thiophene rings is 1. The lowest BCUT2D eigenvalue weighted by Gasteiger charge is -2.07. The van der Waals surface area contributed by atoms with Crippen LogP contribution in [0.25, 0.3) is 0 Å². The molecule has 132 valence electrons. The predicted molar refractivity (Wildman–Crippen MR) is 99.0 cm³/mol. The van der Waals surface area contributed by atoms with Gasteiger partial charge < -0.3 is 16.0 Å². The third-order valence-corrected chi connectivity index (χ3v) is 4.16. The summed E-state index contributed by atoms with van der Waals surface area (Å²) in [4.78, 5) is 35.1. The average molecular weight is 380 g/mol. The first-order valence-corrected chi connectivity index (χ1v) is 8.99. The van der Waals surface area contributed by atoms with Crippen LogP contribution in [0.3, 0.4) is 0 Å². The van der Waals surface area contributed by atoms with Crippen molar-refractivity contribution in [2.45, 2.75) is 12.8 Å². The van der Waals surface area contributed by atoms with Crippen molar-refractivity contribution in [1.29, 1.82) is 0 Å². The monoisotopic (exact) mass is 379 g/mol. The van der Waals surface area contributed by atoms with Crippen LogP contribution in [0.1, 0.15) is 23.2 Å². The Hall–Kier alpha value is -2.38. The minimum atomic E-state index is -0.290. The van der Waals surface area contributed by atoms with E-state index in [9.17, 15) is 14.4 Å². The number of halogens is 1. The highest BCUT2D eigenvalue weighted by molar-refractivity contribution is 7.08. The van der Waals surface area contributed by atoms with Gasteiger partial charge in [0.05, 0.1) is 6.54 Å². The fourth-order valence-corrected chi connectivity index (χ4v) is 2.71. The summed E-state index contributed by atoms with van der Waals surface area (Å²) in [5, 5.41) is 12.1. The molecule has 0 spiro atoms. The highest BCUT2D eigenvalue weighted by atomic mass is 35.5. The largest absolute Gasteiger partial charge is 0.355 e. The number of hydrogen-bond donors (Lipinski definition) is 3. The standard InChI is InChI=1S/C17H18ClN3O3S/c18-13-3-5-14(6-4-13)21-15(22)2-1-8-19-16(23)10-20-17(24)12-7-9-25-11-12/h3-7,9,11H,1-2,8,10H2,(H,19,23)(H,20,24)(H,21,22). The number of benzene rings is 1. The number of carbonyl (C=O) groups is 3. The first-order valence-electron chi connectivity index (χ1n) is 7.67. The maximum atomic E-state index is 11.8. The van der Waals surface area contributed by atoms with Crippen LogP contribution >= 0.6 is 22.9 Å². The quantitative estimate of drug-likeness (QED) is 0.616. The zero-order valence-corrected chi connectivity index (χ0v) is 15.0. The average Bonchev–Trinajstić information content (AvgIpc) is 3.13. The number of carbonyl (C=O) groups excluding carboxylic acids is 3. The van der Waals surface area contributed by atoms with E-state index in [0.717, 1.165) is 0 Å².